The average molecular weight is 345 g/mol. The van der Waals surface area contributed by atoms with E-state index in [-0.39, 0.29) is 24.2 Å². The van der Waals surface area contributed by atoms with Crippen molar-refractivity contribution in [3.63, 3.8) is 0 Å². The van der Waals surface area contributed by atoms with Crippen LogP contribution in [0.1, 0.15) is 6.42 Å². The van der Waals surface area contributed by atoms with Crippen molar-refractivity contribution in [2.75, 3.05) is 30.0 Å². The molecule has 0 saturated carbocycles. The number of fused-ring (bicyclic) bond motifs is 1. The van der Waals surface area contributed by atoms with Crippen LogP contribution in [-0.4, -0.2) is 36.6 Å². The van der Waals surface area contributed by atoms with Crippen molar-refractivity contribution >= 4 is 33.8 Å². The van der Waals surface area contributed by atoms with E-state index in [1.807, 2.05) is 6.07 Å². The Morgan fingerprint density at radius 1 is 1.29 bits per heavy atom. The van der Waals surface area contributed by atoms with Gasteiger partial charge in [-0.2, -0.15) is 0 Å². The number of hydrogen-bond acceptors (Lipinski definition) is 6. The molecule has 4 rings (SSSR count). The highest BCUT2D eigenvalue weighted by atomic mass is 32.1. The summed E-state index contributed by atoms with van der Waals surface area (Å²) >= 11 is 1.35. The van der Waals surface area contributed by atoms with E-state index >= 15 is 0 Å². The lowest BCUT2D eigenvalue weighted by molar-refractivity contribution is -0.122. The van der Waals surface area contributed by atoms with E-state index in [0.29, 0.717) is 36.3 Å². The molecule has 1 saturated heterocycles. The Morgan fingerprint density at radius 2 is 2.12 bits per heavy atom. The third-order valence-electron chi connectivity index (χ3n) is 4.01. The van der Waals surface area contributed by atoms with Crippen LogP contribution in [-0.2, 0) is 9.59 Å². The Kier molecular flexibility index (Phi) is 3.81. The fraction of sp³-hybridized carbons (Fsp3) is 0.312. The van der Waals surface area contributed by atoms with Crippen LogP contribution in [0.3, 0.4) is 0 Å². The molecule has 1 fully saturated rings. The number of carbonyl (C=O) groups excluding carboxylic acids is 2. The minimum atomic E-state index is -0.382. The molecule has 2 aliphatic rings. The van der Waals surface area contributed by atoms with Crippen LogP contribution in [0.25, 0.3) is 0 Å². The van der Waals surface area contributed by atoms with Gasteiger partial charge in [-0.05, 0) is 12.1 Å². The number of ether oxygens (including phenoxy) is 2. The van der Waals surface area contributed by atoms with Gasteiger partial charge in [-0.3, -0.25) is 14.6 Å². The summed E-state index contributed by atoms with van der Waals surface area (Å²) in [5.74, 6) is 0.692. The number of aromatic nitrogens is 1. The lowest BCUT2D eigenvalue weighted by atomic mass is 10.1. The Bertz CT molecular complexity index is 778. The maximum atomic E-state index is 12.3. The molecule has 2 aromatic rings. The second kappa shape index (κ2) is 6.12. The molecule has 2 aliphatic heterocycles. The Morgan fingerprint density at radius 3 is 2.92 bits per heavy atom. The van der Waals surface area contributed by atoms with Crippen LogP contribution in [0, 0.1) is 5.92 Å². The standard InChI is InChI=1S/C16H15N3O4S/c20-15-5-10(16(21)18-14-7-17-9-24-14)8-19(15)11-1-2-12-13(6-11)23-4-3-22-12/h1-2,6-7,9-10H,3-5,8H2,(H,18,21). The number of rotatable bonds is 3. The molecule has 0 aliphatic carbocycles. The van der Waals surface area contributed by atoms with Crippen LogP contribution < -0.4 is 19.7 Å². The predicted octanol–water partition coefficient (Wildman–Crippen LogP) is 1.91. The molecule has 3 heterocycles. The van der Waals surface area contributed by atoms with E-state index in [1.54, 1.807) is 28.7 Å². The summed E-state index contributed by atoms with van der Waals surface area (Å²) in [5, 5.41) is 3.49. The molecular formula is C16H15N3O4S. The maximum Gasteiger partial charge on any atom is 0.230 e. The van der Waals surface area contributed by atoms with Crippen molar-refractivity contribution in [3.8, 4) is 11.5 Å². The van der Waals surface area contributed by atoms with Crippen LogP contribution in [0.15, 0.2) is 29.9 Å². The van der Waals surface area contributed by atoms with Gasteiger partial charge >= 0.3 is 0 Å². The third-order valence-corrected chi connectivity index (χ3v) is 4.70. The highest BCUT2D eigenvalue weighted by Gasteiger charge is 2.35. The van der Waals surface area contributed by atoms with Crippen molar-refractivity contribution in [1.82, 2.24) is 4.98 Å². The zero-order valence-corrected chi connectivity index (χ0v) is 13.5. The molecular weight excluding hydrogens is 330 g/mol. The van der Waals surface area contributed by atoms with Crippen molar-refractivity contribution in [2.45, 2.75) is 6.42 Å². The summed E-state index contributed by atoms with van der Waals surface area (Å²) in [4.78, 5) is 30.2. The first kappa shape index (κ1) is 14.9. The normalized spacial score (nSPS) is 19.4. The number of amides is 2. The Balaban J connectivity index is 1.49. The van der Waals surface area contributed by atoms with E-state index < -0.39 is 0 Å². The van der Waals surface area contributed by atoms with Crippen molar-refractivity contribution in [2.24, 2.45) is 5.92 Å². The van der Waals surface area contributed by atoms with Crippen molar-refractivity contribution in [1.29, 1.82) is 0 Å². The highest BCUT2D eigenvalue weighted by molar-refractivity contribution is 7.13. The largest absolute Gasteiger partial charge is 0.486 e. The topological polar surface area (TPSA) is 80.8 Å². The molecule has 7 nitrogen and oxygen atoms in total. The first-order chi connectivity index (χ1) is 11.7. The summed E-state index contributed by atoms with van der Waals surface area (Å²) in [6.45, 7) is 1.36. The minimum Gasteiger partial charge on any atom is -0.486 e. The predicted molar refractivity (Wildman–Crippen MR) is 88.6 cm³/mol. The molecule has 1 unspecified atom stereocenters. The molecule has 0 spiro atoms. The SMILES string of the molecule is O=C(Nc1cncs1)C1CC(=O)N(c2ccc3c(c2)OCCO3)C1. The van der Waals surface area contributed by atoms with Crippen molar-refractivity contribution < 1.29 is 19.1 Å². The highest BCUT2D eigenvalue weighted by Crippen LogP contribution is 2.36. The van der Waals surface area contributed by atoms with Crippen LogP contribution >= 0.6 is 11.3 Å². The monoisotopic (exact) mass is 345 g/mol. The van der Waals surface area contributed by atoms with Gasteiger partial charge in [0, 0.05) is 24.7 Å². The van der Waals surface area contributed by atoms with Crippen LogP contribution in [0.4, 0.5) is 10.7 Å². The van der Waals surface area contributed by atoms with E-state index in [1.165, 1.54) is 11.3 Å². The van der Waals surface area contributed by atoms with E-state index in [4.69, 9.17) is 9.47 Å². The second-order valence-corrected chi connectivity index (χ2v) is 6.47. The summed E-state index contributed by atoms with van der Waals surface area (Å²) in [6.07, 6.45) is 1.79. The molecule has 0 bridgehead atoms. The molecule has 124 valence electrons. The minimum absolute atomic E-state index is 0.0730. The van der Waals surface area contributed by atoms with Gasteiger partial charge in [0.1, 0.15) is 18.2 Å². The van der Waals surface area contributed by atoms with Gasteiger partial charge in [-0.1, -0.05) is 0 Å². The fourth-order valence-electron chi connectivity index (χ4n) is 2.83. The summed E-state index contributed by atoms with van der Waals surface area (Å²) in [5.41, 5.74) is 2.37. The third kappa shape index (κ3) is 2.80. The quantitative estimate of drug-likeness (QED) is 0.919. The number of hydrogen-bond donors (Lipinski definition) is 1. The van der Waals surface area contributed by atoms with Gasteiger partial charge in [0.05, 0.1) is 17.6 Å². The van der Waals surface area contributed by atoms with Crippen LogP contribution in [0.5, 0.6) is 11.5 Å². The molecule has 2 amide bonds. The Labute approximate surface area is 142 Å². The van der Waals surface area contributed by atoms with Gasteiger partial charge in [0.2, 0.25) is 11.8 Å². The molecule has 0 radical (unpaired) electrons. The first-order valence-electron chi connectivity index (χ1n) is 7.60. The van der Waals surface area contributed by atoms with Gasteiger partial charge in [-0.15, -0.1) is 11.3 Å². The fourth-order valence-corrected chi connectivity index (χ4v) is 3.35. The zero-order valence-electron chi connectivity index (χ0n) is 12.7. The molecule has 1 atom stereocenters. The van der Waals surface area contributed by atoms with Crippen LogP contribution in [0.2, 0.25) is 0 Å². The molecule has 24 heavy (non-hydrogen) atoms. The number of benzene rings is 1. The van der Waals surface area contributed by atoms with Gasteiger partial charge in [0.15, 0.2) is 11.5 Å². The summed E-state index contributed by atoms with van der Waals surface area (Å²) < 4.78 is 11.0. The number of nitrogens with one attached hydrogen (secondary N) is 1. The second-order valence-electron chi connectivity index (χ2n) is 5.59. The van der Waals surface area contributed by atoms with Gasteiger partial charge < -0.3 is 19.7 Å². The molecule has 1 N–H and O–H groups in total. The smallest absolute Gasteiger partial charge is 0.230 e. The summed E-state index contributed by atoms with van der Waals surface area (Å²) in [6, 6.07) is 5.40. The lowest BCUT2D eigenvalue weighted by Crippen LogP contribution is -2.28. The molecule has 8 heteroatoms. The van der Waals surface area contributed by atoms with Gasteiger partial charge in [-0.25, -0.2) is 0 Å². The summed E-state index contributed by atoms with van der Waals surface area (Å²) in [7, 11) is 0. The maximum absolute atomic E-state index is 12.3. The average Bonchev–Trinajstić information content (AvgIpc) is 3.24. The molecule has 1 aromatic heterocycles. The first-order valence-corrected chi connectivity index (χ1v) is 8.48. The number of anilines is 2. The zero-order chi connectivity index (χ0) is 16.5. The number of nitrogens with zero attached hydrogens (tertiary/aromatic N) is 2. The van der Waals surface area contributed by atoms with E-state index in [9.17, 15) is 9.59 Å². The molecule has 1 aromatic carbocycles. The number of thiazole rings is 1. The van der Waals surface area contributed by atoms with E-state index in [0.717, 1.165) is 5.69 Å². The van der Waals surface area contributed by atoms with Crippen molar-refractivity contribution in [3.05, 3.63) is 29.9 Å². The Hall–Kier alpha value is -2.61. The lowest BCUT2D eigenvalue weighted by Gasteiger charge is -2.22. The number of carbonyl (C=O) groups is 2. The van der Waals surface area contributed by atoms with E-state index in [2.05, 4.69) is 10.3 Å². The van der Waals surface area contributed by atoms with Gasteiger partial charge in [0.25, 0.3) is 0 Å².